The molecule has 1 saturated heterocycles. The Hall–Kier alpha value is -3.62. The summed E-state index contributed by atoms with van der Waals surface area (Å²) in [4.78, 5) is 19.5. The molecule has 0 unspecified atom stereocenters. The smallest absolute Gasteiger partial charge is 0.397 e. The first-order chi connectivity index (χ1) is 18.8. The lowest BCUT2D eigenvalue weighted by Gasteiger charge is -2.34. The molecule has 2 aromatic heterocycles. The fourth-order valence-corrected chi connectivity index (χ4v) is 5.62. The summed E-state index contributed by atoms with van der Waals surface area (Å²) >= 11 is 0. The van der Waals surface area contributed by atoms with E-state index in [1.807, 2.05) is 23.5 Å². The Kier molecular flexibility index (Phi) is 8.82. The third-order valence-corrected chi connectivity index (χ3v) is 8.43. The second kappa shape index (κ2) is 11.3. The molecule has 0 saturated carbocycles. The Morgan fingerprint density at radius 3 is 2.46 bits per heavy atom. The van der Waals surface area contributed by atoms with E-state index in [1.165, 1.54) is 43.0 Å². The number of hydrogen-bond acceptors (Lipinski definition) is 9. The molecule has 2 aromatic rings. The predicted octanol–water partition coefficient (Wildman–Crippen LogP) is 4.02. The summed E-state index contributed by atoms with van der Waals surface area (Å²) in [6.45, 7) is 9.45. The van der Waals surface area contributed by atoms with Crippen LogP contribution >= 0.6 is 0 Å². The van der Waals surface area contributed by atoms with Crippen LogP contribution in [-0.2, 0) is 10.0 Å². The van der Waals surface area contributed by atoms with Crippen molar-refractivity contribution >= 4 is 28.0 Å². The van der Waals surface area contributed by atoms with Crippen LogP contribution in [-0.4, -0.2) is 67.2 Å². The van der Waals surface area contributed by atoms with Gasteiger partial charge in [0, 0.05) is 43.3 Å². The van der Waals surface area contributed by atoms with Gasteiger partial charge in [-0.15, -0.1) is 5.10 Å². The highest BCUT2D eigenvalue weighted by Gasteiger charge is 2.48. The molecule has 1 fully saturated rings. The molecule has 11 nitrogen and oxygen atoms in total. The van der Waals surface area contributed by atoms with Crippen LogP contribution < -0.4 is 19.7 Å². The topological polar surface area (TPSA) is 142 Å². The molecule has 41 heavy (non-hydrogen) atoms. The van der Waals surface area contributed by atoms with E-state index >= 15 is 0 Å². The zero-order chi connectivity index (χ0) is 31.0. The van der Waals surface area contributed by atoms with Crippen molar-refractivity contribution in [2.75, 3.05) is 25.1 Å². The van der Waals surface area contributed by atoms with Crippen molar-refractivity contribution in [3.63, 3.8) is 0 Å². The lowest BCUT2D eigenvalue weighted by molar-refractivity contribution is -0.219. The number of anilines is 1. The Labute approximate surface area is 237 Å². The van der Waals surface area contributed by atoms with Gasteiger partial charge in [0.1, 0.15) is 17.3 Å². The summed E-state index contributed by atoms with van der Waals surface area (Å²) in [6, 6.07) is 4.26. The molecule has 226 valence electrons. The molecule has 3 rings (SSSR count). The number of nitrogens with one attached hydrogen (secondary N) is 3. The number of alkyl halides is 3. The fraction of sp³-hybridized carbons (Fsp3) is 0.538. The molecule has 0 bridgehead atoms. The number of carbonyl (C=O) groups excluding carboxylic acids is 1. The van der Waals surface area contributed by atoms with Gasteiger partial charge >= 0.3 is 6.18 Å². The summed E-state index contributed by atoms with van der Waals surface area (Å²) in [6.07, 6.45) is -1.57. The van der Waals surface area contributed by atoms with Gasteiger partial charge in [0.2, 0.25) is 5.88 Å². The van der Waals surface area contributed by atoms with Crippen molar-refractivity contribution in [2.24, 2.45) is 11.3 Å². The molecule has 0 spiro atoms. The van der Waals surface area contributed by atoms with E-state index in [-0.39, 0.29) is 34.7 Å². The average molecular weight is 600 g/mol. The van der Waals surface area contributed by atoms with E-state index in [9.17, 15) is 26.4 Å². The number of halogens is 3. The standard InChI is InChI=1S/C26H36F3N7O4S/c1-16-12-25(5,6)35(14-16)22-18(23(37)34-41(38,39)19(13-30)17(2)31-7)8-9-20(32-22)36-11-10-21(33-36)40-15-24(3,4)26(27,28)29/h8-11,13,16,30-31H,12,14-15H2,1-7H3,(H,34,37)/b19-17+,30-13?/t16-/m0/s1. The van der Waals surface area contributed by atoms with Crippen LogP contribution in [0.15, 0.2) is 35.0 Å². The maximum absolute atomic E-state index is 13.4. The fourth-order valence-electron chi connectivity index (χ4n) is 4.50. The van der Waals surface area contributed by atoms with E-state index in [0.29, 0.717) is 12.8 Å². The van der Waals surface area contributed by atoms with E-state index in [2.05, 4.69) is 22.3 Å². The minimum atomic E-state index is -4.46. The first kappa shape index (κ1) is 31.9. The maximum atomic E-state index is 13.4. The summed E-state index contributed by atoms with van der Waals surface area (Å²) in [5.74, 6) is -0.268. The summed E-state index contributed by atoms with van der Waals surface area (Å²) in [5, 5.41) is 14.4. The largest absolute Gasteiger partial charge is 0.476 e. The average Bonchev–Trinajstić information content (AvgIpc) is 3.44. The number of sulfonamides is 1. The van der Waals surface area contributed by atoms with Crippen molar-refractivity contribution in [1.29, 1.82) is 5.41 Å². The molecule has 1 aliphatic rings. The number of nitrogens with zero attached hydrogens (tertiary/aromatic N) is 4. The second-order valence-corrected chi connectivity index (χ2v) is 13.0. The highest BCUT2D eigenvalue weighted by atomic mass is 32.2. The van der Waals surface area contributed by atoms with Gasteiger partial charge in [-0.2, -0.15) is 13.2 Å². The zero-order valence-electron chi connectivity index (χ0n) is 24.0. The predicted molar refractivity (Wildman–Crippen MR) is 149 cm³/mol. The van der Waals surface area contributed by atoms with Crippen molar-refractivity contribution in [3.8, 4) is 11.7 Å². The van der Waals surface area contributed by atoms with Gasteiger partial charge in [-0.3, -0.25) is 4.79 Å². The van der Waals surface area contributed by atoms with Crippen LogP contribution in [0.5, 0.6) is 5.88 Å². The molecular formula is C26H36F3N7O4S. The Morgan fingerprint density at radius 2 is 1.93 bits per heavy atom. The highest BCUT2D eigenvalue weighted by Crippen LogP contribution is 2.39. The van der Waals surface area contributed by atoms with Gasteiger partial charge in [-0.05, 0) is 59.1 Å². The molecule has 3 heterocycles. The Morgan fingerprint density at radius 1 is 1.27 bits per heavy atom. The van der Waals surface area contributed by atoms with Crippen molar-refractivity contribution in [2.45, 2.75) is 59.7 Å². The van der Waals surface area contributed by atoms with Gasteiger partial charge in [0.15, 0.2) is 5.82 Å². The number of rotatable bonds is 10. The van der Waals surface area contributed by atoms with Crippen LogP contribution in [0.25, 0.3) is 5.82 Å². The Balaban J connectivity index is 2.01. The minimum absolute atomic E-state index is 0.0125. The lowest BCUT2D eigenvalue weighted by atomic mass is 9.94. The molecule has 1 atom stereocenters. The van der Waals surface area contributed by atoms with Crippen molar-refractivity contribution < 1.29 is 31.1 Å². The number of carbonyl (C=O) groups is 1. The van der Waals surface area contributed by atoms with Crippen LogP contribution in [0.4, 0.5) is 19.0 Å². The molecule has 1 amide bonds. The third-order valence-electron chi connectivity index (χ3n) is 6.97. The summed E-state index contributed by atoms with van der Waals surface area (Å²) < 4.78 is 74.1. The number of amides is 1. The highest BCUT2D eigenvalue weighted by molar-refractivity contribution is 7.94. The number of allylic oxidation sites excluding steroid dienone is 2. The number of ether oxygens (including phenoxy) is 1. The van der Waals surface area contributed by atoms with E-state index in [0.717, 1.165) is 20.3 Å². The van der Waals surface area contributed by atoms with Gasteiger partial charge in [-0.25, -0.2) is 22.8 Å². The molecule has 1 aliphatic heterocycles. The van der Waals surface area contributed by atoms with Crippen molar-refractivity contribution in [3.05, 3.63) is 40.6 Å². The first-order valence-electron chi connectivity index (χ1n) is 12.8. The lowest BCUT2D eigenvalue weighted by Crippen LogP contribution is -2.41. The number of hydrogen-bond donors (Lipinski definition) is 3. The SMILES string of the molecule is CN/C(C)=C(\C=N)S(=O)(=O)NC(=O)c1ccc(-n2ccc(OCC(C)(C)C(F)(F)F)n2)nc1N1C[C@@H](C)CC1(C)C. The molecular weight excluding hydrogens is 563 g/mol. The van der Waals surface area contributed by atoms with E-state index < -0.39 is 44.6 Å². The maximum Gasteiger partial charge on any atom is 0.397 e. The second-order valence-electron chi connectivity index (χ2n) is 11.4. The molecule has 0 radical (unpaired) electrons. The molecule has 0 aromatic carbocycles. The van der Waals surface area contributed by atoms with Crippen LogP contribution in [0.3, 0.4) is 0 Å². The Bertz CT molecular complexity index is 1450. The monoisotopic (exact) mass is 599 g/mol. The molecule has 3 N–H and O–H groups in total. The van der Waals surface area contributed by atoms with Crippen LogP contribution in [0, 0.1) is 16.7 Å². The van der Waals surface area contributed by atoms with Gasteiger partial charge in [0.05, 0.1) is 11.0 Å². The van der Waals surface area contributed by atoms with E-state index in [4.69, 9.17) is 10.1 Å². The van der Waals surface area contributed by atoms with Crippen LogP contribution in [0.2, 0.25) is 0 Å². The van der Waals surface area contributed by atoms with Crippen LogP contribution in [0.1, 0.15) is 58.3 Å². The minimum Gasteiger partial charge on any atom is -0.476 e. The van der Waals surface area contributed by atoms with Gasteiger partial charge < -0.3 is 20.4 Å². The van der Waals surface area contributed by atoms with Gasteiger partial charge in [0.25, 0.3) is 15.9 Å². The summed E-state index contributed by atoms with van der Waals surface area (Å²) in [5.41, 5.74) is -2.35. The third kappa shape index (κ3) is 6.82. The normalized spacial score (nSPS) is 18.1. The van der Waals surface area contributed by atoms with Gasteiger partial charge in [-0.1, -0.05) is 6.92 Å². The van der Waals surface area contributed by atoms with Crippen molar-refractivity contribution in [1.82, 2.24) is 24.8 Å². The molecule has 15 heteroatoms. The quantitative estimate of drug-likeness (QED) is 0.348. The molecule has 0 aliphatic carbocycles. The zero-order valence-corrected chi connectivity index (χ0v) is 24.9. The number of pyridine rings is 1. The summed E-state index contributed by atoms with van der Waals surface area (Å²) in [7, 11) is -2.89. The number of aromatic nitrogens is 3. The van der Waals surface area contributed by atoms with E-state index in [1.54, 1.807) is 0 Å². The first-order valence-corrected chi connectivity index (χ1v) is 14.3.